The Bertz CT molecular complexity index is 427. The third-order valence-corrected chi connectivity index (χ3v) is 3.55. The molecule has 2 rings (SSSR count). The van der Waals surface area contributed by atoms with Gasteiger partial charge in [0.05, 0.1) is 12.5 Å². The summed E-state index contributed by atoms with van der Waals surface area (Å²) in [6.45, 7) is 1.12. The smallest absolute Gasteiger partial charge is 0.222 e. The van der Waals surface area contributed by atoms with Gasteiger partial charge in [0.1, 0.15) is 5.82 Å². The van der Waals surface area contributed by atoms with Crippen LogP contribution in [0.2, 0.25) is 5.02 Å². The summed E-state index contributed by atoms with van der Waals surface area (Å²) >= 11 is 5.91. The van der Waals surface area contributed by atoms with Crippen molar-refractivity contribution >= 4 is 17.5 Å². The second-order valence-electron chi connectivity index (χ2n) is 4.64. The summed E-state index contributed by atoms with van der Waals surface area (Å²) in [4.78, 5) is 11.6. The molecule has 5 heteroatoms. The molecule has 1 aliphatic rings. The fourth-order valence-electron chi connectivity index (χ4n) is 2.18. The van der Waals surface area contributed by atoms with Gasteiger partial charge in [-0.3, -0.25) is 4.79 Å². The largest absolute Gasteiger partial charge is 0.378 e. The van der Waals surface area contributed by atoms with E-state index in [0.29, 0.717) is 30.0 Å². The minimum Gasteiger partial charge on any atom is -0.378 e. The van der Waals surface area contributed by atoms with Crippen LogP contribution in [0.25, 0.3) is 0 Å². The van der Waals surface area contributed by atoms with Crippen LogP contribution in [0.5, 0.6) is 0 Å². The van der Waals surface area contributed by atoms with Gasteiger partial charge in [-0.05, 0) is 31.4 Å². The van der Waals surface area contributed by atoms with Crippen molar-refractivity contribution in [3.8, 4) is 0 Å². The third-order valence-electron chi connectivity index (χ3n) is 3.20. The number of hydrogen-bond acceptors (Lipinski definition) is 2. The lowest BCUT2D eigenvalue weighted by molar-refractivity contribution is -0.123. The first kappa shape index (κ1) is 14.3. The molecule has 0 spiro atoms. The predicted molar refractivity (Wildman–Crippen MR) is 71.7 cm³/mol. The number of carbonyl (C=O) groups excluding carboxylic acids is 1. The molecule has 19 heavy (non-hydrogen) atoms. The number of amides is 1. The molecule has 1 saturated heterocycles. The van der Waals surface area contributed by atoms with Gasteiger partial charge in [-0.1, -0.05) is 17.7 Å². The molecule has 1 N–H and O–H groups in total. The quantitative estimate of drug-likeness (QED) is 0.903. The minimum atomic E-state index is -0.333. The number of hydrogen-bond donors (Lipinski definition) is 1. The molecule has 1 aromatic rings. The van der Waals surface area contributed by atoms with Crippen molar-refractivity contribution < 1.29 is 13.9 Å². The van der Waals surface area contributed by atoms with Crippen molar-refractivity contribution in [1.82, 2.24) is 5.32 Å². The first-order valence-electron chi connectivity index (χ1n) is 6.48. The van der Waals surface area contributed by atoms with E-state index in [9.17, 15) is 9.18 Å². The Morgan fingerprint density at radius 1 is 1.53 bits per heavy atom. The molecule has 0 aliphatic carbocycles. The lowest BCUT2D eigenvalue weighted by Crippen LogP contribution is -2.29. The number of ether oxygens (including phenoxy) is 1. The zero-order valence-corrected chi connectivity index (χ0v) is 11.4. The molecule has 1 amide bonds. The highest BCUT2D eigenvalue weighted by Crippen LogP contribution is 2.19. The van der Waals surface area contributed by atoms with Crippen molar-refractivity contribution in [1.29, 1.82) is 0 Å². The van der Waals surface area contributed by atoms with E-state index < -0.39 is 0 Å². The van der Waals surface area contributed by atoms with Gasteiger partial charge < -0.3 is 10.1 Å². The van der Waals surface area contributed by atoms with Gasteiger partial charge in [-0.25, -0.2) is 4.39 Å². The first-order valence-corrected chi connectivity index (χ1v) is 6.86. The Morgan fingerprint density at radius 2 is 2.37 bits per heavy atom. The highest BCUT2D eigenvalue weighted by Gasteiger charge is 2.18. The van der Waals surface area contributed by atoms with Gasteiger partial charge in [0, 0.05) is 23.7 Å². The molecule has 1 fully saturated rings. The molecule has 1 atom stereocenters. The summed E-state index contributed by atoms with van der Waals surface area (Å²) in [6, 6.07) is 4.58. The number of halogens is 2. The SMILES string of the molecule is O=C(C[C@H]1CCCO1)NCCc1c(F)cccc1Cl. The maximum Gasteiger partial charge on any atom is 0.222 e. The molecule has 3 nitrogen and oxygen atoms in total. The van der Waals surface area contributed by atoms with Gasteiger partial charge in [-0.15, -0.1) is 0 Å². The van der Waals surface area contributed by atoms with Gasteiger partial charge in [0.15, 0.2) is 0 Å². The van der Waals surface area contributed by atoms with Crippen LogP contribution in [0.15, 0.2) is 18.2 Å². The fraction of sp³-hybridized carbons (Fsp3) is 0.500. The Hall–Kier alpha value is -1.13. The second kappa shape index (κ2) is 6.87. The van der Waals surface area contributed by atoms with Gasteiger partial charge in [0.2, 0.25) is 5.91 Å². The highest BCUT2D eigenvalue weighted by atomic mass is 35.5. The molecule has 0 saturated carbocycles. The number of benzene rings is 1. The van der Waals surface area contributed by atoms with Crippen molar-refractivity contribution in [2.24, 2.45) is 0 Å². The molecule has 1 aliphatic heterocycles. The molecule has 1 aromatic carbocycles. The molecule has 1 heterocycles. The molecular formula is C14H17ClFNO2. The van der Waals surface area contributed by atoms with E-state index in [0.717, 1.165) is 19.4 Å². The summed E-state index contributed by atoms with van der Waals surface area (Å²) < 4.78 is 18.9. The van der Waals surface area contributed by atoms with Crippen LogP contribution in [0.1, 0.15) is 24.8 Å². The lowest BCUT2D eigenvalue weighted by atomic mass is 10.1. The summed E-state index contributed by atoms with van der Waals surface area (Å²) in [5, 5.41) is 3.16. The average Bonchev–Trinajstić information content (AvgIpc) is 2.85. The predicted octanol–water partition coefficient (Wildman–Crippen LogP) is 2.71. The number of carbonyl (C=O) groups is 1. The molecule has 0 aromatic heterocycles. The number of nitrogens with one attached hydrogen (secondary N) is 1. The highest BCUT2D eigenvalue weighted by molar-refractivity contribution is 6.31. The third kappa shape index (κ3) is 4.18. The van der Waals surface area contributed by atoms with Crippen LogP contribution in [-0.2, 0) is 16.0 Å². The second-order valence-corrected chi connectivity index (χ2v) is 5.05. The van der Waals surface area contributed by atoms with Crippen LogP contribution < -0.4 is 5.32 Å². The number of rotatable bonds is 5. The first-order chi connectivity index (χ1) is 9.16. The van der Waals surface area contributed by atoms with E-state index in [4.69, 9.17) is 16.3 Å². The van der Waals surface area contributed by atoms with E-state index in [2.05, 4.69) is 5.32 Å². The molecular weight excluding hydrogens is 269 g/mol. The van der Waals surface area contributed by atoms with Gasteiger partial charge >= 0.3 is 0 Å². The van der Waals surface area contributed by atoms with E-state index >= 15 is 0 Å². The van der Waals surface area contributed by atoms with Crippen molar-refractivity contribution in [3.63, 3.8) is 0 Å². The standard InChI is InChI=1S/C14H17ClFNO2/c15-12-4-1-5-13(16)11(12)6-7-17-14(18)9-10-3-2-8-19-10/h1,4-5,10H,2-3,6-9H2,(H,17,18)/t10-/m1/s1. The van der Waals surface area contributed by atoms with Crippen molar-refractivity contribution in [3.05, 3.63) is 34.6 Å². The van der Waals surface area contributed by atoms with Gasteiger partial charge in [-0.2, -0.15) is 0 Å². The maximum atomic E-state index is 13.5. The molecule has 0 unspecified atom stereocenters. The Balaban J connectivity index is 1.75. The molecule has 0 radical (unpaired) electrons. The lowest BCUT2D eigenvalue weighted by Gasteiger charge is -2.10. The van der Waals surface area contributed by atoms with Crippen LogP contribution in [0, 0.1) is 5.82 Å². The summed E-state index contributed by atoms with van der Waals surface area (Å²) in [5.41, 5.74) is 0.446. The van der Waals surface area contributed by atoms with Crippen LogP contribution in [-0.4, -0.2) is 25.2 Å². The van der Waals surface area contributed by atoms with E-state index in [-0.39, 0.29) is 17.8 Å². The van der Waals surface area contributed by atoms with Crippen molar-refractivity contribution in [2.45, 2.75) is 31.8 Å². The zero-order valence-electron chi connectivity index (χ0n) is 10.6. The summed E-state index contributed by atoms with van der Waals surface area (Å²) in [5.74, 6) is -0.389. The van der Waals surface area contributed by atoms with Crippen LogP contribution in [0.4, 0.5) is 4.39 Å². The monoisotopic (exact) mass is 285 g/mol. The van der Waals surface area contributed by atoms with E-state index in [1.807, 2.05) is 0 Å². The minimum absolute atomic E-state index is 0.0389. The molecule has 0 bridgehead atoms. The fourth-order valence-corrected chi connectivity index (χ4v) is 2.44. The Kier molecular flexibility index (Phi) is 5.16. The van der Waals surface area contributed by atoms with Crippen LogP contribution in [0.3, 0.4) is 0 Å². The topological polar surface area (TPSA) is 38.3 Å². The molecule has 104 valence electrons. The van der Waals surface area contributed by atoms with Crippen molar-refractivity contribution in [2.75, 3.05) is 13.2 Å². The Morgan fingerprint density at radius 3 is 3.05 bits per heavy atom. The van der Waals surface area contributed by atoms with E-state index in [1.165, 1.54) is 6.07 Å². The van der Waals surface area contributed by atoms with Crippen LogP contribution >= 0.6 is 11.6 Å². The zero-order chi connectivity index (χ0) is 13.7. The Labute approximate surface area is 117 Å². The van der Waals surface area contributed by atoms with E-state index in [1.54, 1.807) is 12.1 Å². The summed E-state index contributed by atoms with van der Waals surface area (Å²) in [7, 11) is 0. The summed E-state index contributed by atoms with van der Waals surface area (Å²) in [6.07, 6.45) is 2.76. The average molecular weight is 286 g/mol. The maximum absolute atomic E-state index is 13.5. The van der Waals surface area contributed by atoms with Gasteiger partial charge in [0.25, 0.3) is 0 Å². The normalized spacial score (nSPS) is 18.5.